The van der Waals surface area contributed by atoms with E-state index >= 15 is 0 Å². The lowest BCUT2D eigenvalue weighted by Crippen LogP contribution is -3.18. The van der Waals surface area contributed by atoms with Crippen molar-refractivity contribution in [3.8, 4) is 0 Å². The van der Waals surface area contributed by atoms with Crippen molar-refractivity contribution in [2.75, 3.05) is 25.3 Å². The Morgan fingerprint density at radius 1 is 1.14 bits per heavy atom. The third kappa shape index (κ3) is 6.12. The Balaban J connectivity index is 1.43. The minimum Gasteiger partial charge on any atom is -0.332 e. The molecule has 158 valence electrons. The summed E-state index contributed by atoms with van der Waals surface area (Å²) >= 11 is 6.01. The van der Waals surface area contributed by atoms with Crippen LogP contribution in [0.4, 0.5) is 0 Å². The van der Waals surface area contributed by atoms with Crippen LogP contribution < -0.4 is 10.6 Å². The molecule has 28 heavy (non-hydrogen) atoms. The number of piperidine rings is 1. The van der Waals surface area contributed by atoms with Crippen LogP contribution in [0.25, 0.3) is 0 Å². The van der Waals surface area contributed by atoms with Gasteiger partial charge >= 0.3 is 0 Å². The molecule has 0 amide bonds. The summed E-state index contributed by atoms with van der Waals surface area (Å²) in [6.45, 7) is 9.43. The maximum atomic E-state index is 6.55. The van der Waals surface area contributed by atoms with E-state index in [4.69, 9.17) is 22.1 Å². The summed E-state index contributed by atoms with van der Waals surface area (Å²) < 4.78 is 6.63. The van der Waals surface area contributed by atoms with Crippen molar-refractivity contribution in [3.05, 3.63) is 34.9 Å². The quantitative estimate of drug-likeness (QED) is 0.686. The van der Waals surface area contributed by atoms with Crippen molar-refractivity contribution in [1.82, 2.24) is 0 Å². The van der Waals surface area contributed by atoms with Crippen LogP contribution in [0, 0.1) is 5.92 Å². The van der Waals surface area contributed by atoms with Gasteiger partial charge in [0.2, 0.25) is 5.94 Å². The Morgan fingerprint density at radius 3 is 2.39 bits per heavy atom. The minimum atomic E-state index is 0.286. The number of benzene rings is 1. The van der Waals surface area contributed by atoms with E-state index in [0.29, 0.717) is 22.9 Å². The molecule has 1 heterocycles. The number of quaternary nitrogens is 1. The van der Waals surface area contributed by atoms with Gasteiger partial charge in [-0.25, -0.2) is 0 Å². The zero-order chi connectivity index (χ0) is 20.3. The number of hydrogen-bond donors (Lipinski definition) is 2. The van der Waals surface area contributed by atoms with Crippen molar-refractivity contribution in [2.24, 2.45) is 11.7 Å². The molecule has 1 aromatic rings. The van der Waals surface area contributed by atoms with E-state index in [-0.39, 0.29) is 10.9 Å². The van der Waals surface area contributed by atoms with Crippen LogP contribution in [0.5, 0.6) is 0 Å². The fourth-order valence-electron chi connectivity index (χ4n) is 4.58. The monoisotopic (exact) mass is 426 g/mol. The van der Waals surface area contributed by atoms with Gasteiger partial charge in [0.15, 0.2) is 0 Å². The van der Waals surface area contributed by atoms with Gasteiger partial charge in [0.05, 0.1) is 25.2 Å². The Kier molecular flexibility index (Phi) is 7.77. The third-order valence-electron chi connectivity index (χ3n) is 6.80. The van der Waals surface area contributed by atoms with Crippen LogP contribution in [-0.4, -0.2) is 48.2 Å². The summed E-state index contributed by atoms with van der Waals surface area (Å²) in [6, 6.07) is 9.24. The van der Waals surface area contributed by atoms with Crippen molar-refractivity contribution in [2.45, 2.75) is 75.8 Å². The van der Waals surface area contributed by atoms with Crippen molar-refractivity contribution < 1.29 is 9.64 Å². The maximum Gasteiger partial charge on any atom is 0.208 e. The average Bonchev–Trinajstić information content (AvgIpc) is 3.02. The molecule has 0 bridgehead atoms. The van der Waals surface area contributed by atoms with Crippen molar-refractivity contribution in [1.29, 1.82) is 0 Å². The number of nitrogens with one attached hydrogen (secondary N) is 1. The SMILES string of the molecule is C[S+](CO[C@@H]1CC([NH+]2CCC(Cc3ccc(Cl)cc3)CC2)[C@H](N)C1)C(C)(C)C. The summed E-state index contributed by atoms with van der Waals surface area (Å²) in [4.78, 5) is 1.72. The number of likely N-dealkylation sites (tertiary alicyclic amines) is 1. The first-order chi connectivity index (χ1) is 13.2. The number of rotatable bonds is 6. The van der Waals surface area contributed by atoms with E-state index in [1.165, 1.54) is 37.9 Å². The van der Waals surface area contributed by atoms with E-state index < -0.39 is 0 Å². The Morgan fingerprint density at radius 2 is 1.79 bits per heavy atom. The zero-order valence-electron chi connectivity index (χ0n) is 18.0. The summed E-state index contributed by atoms with van der Waals surface area (Å²) in [5.41, 5.74) is 7.97. The first-order valence-corrected chi connectivity index (χ1v) is 13.0. The highest BCUT2D eigenvalue weighted by molar-refractivity contribution is 7.97. The summed E-state index contributed by atoms with van der Waals surface area (Å²) in [5, 5.41) is 0.826. The van der Waals surface area contributed by atoms with Crippen LogP contribution in [0.3, 0.4) is 0 Å². The van der Waals surface area contributed by atoms with Gasteiger partial charge in [0.1, 0.15) is 17.0 Å². The van der Waals surface area contributed by atoms with E-state index in [1.807, 2.05) is 12.1 Å². The van der Waals surface area contributed by atoms with Crippen LogP contribution >= 0.6 is 11.6 Å². The zero-order valence-corrected chi connectivity index (χ0v) is 19.6. The van der Waals surface area contributed by atoms with E-state index in [1.54, 1.807) is 4.90 Å². The molecule has 1 aliphatic heterocycles. The summed E-state index contributed by atoms with van der Waals surface area (Å²) in [7, 11) is 0.286. The lowest BCUT2D eigenvalue weighted by molar-refractivity contribution is -0.931. The molecule has 2 fully saturated rings. The maximum absolute atomic E-state index is 6.55. The molecule has 1 aromatic carbocycles. The molecule has 3 N–H and O–H groups in total. The molecule has 1 aliphatic carbocycles. The van der Waals surface area contributed by atoms with Gasteiger partial charge in [-0.05, 0) is 70.1 Å². The second kappa shape index (κ2) is 9.70. The Hall–Kier alpha value is -0.260. The fourth-order valence-corrected chi connectivity index (χ4v) is 5.46. The normalized spacial score (nSPS) is 32.4. The fraction of sp³-hybridized carbons (Fsp3) is 0.739. The predicted molar refractivity (Wildman–Crippen MR) is 122 cm³/mol. The second-order valence-corrected chi connectivity index (χ2v) is 13.0. The molecule has 1 saturated carbocycles. The van der Waals surface area contributed by atoms with Crippen LogP contribution in [0.1, 0.15) is 52.0 Å². The molecular formula is C23H39ClN2OS+2. The van der Waals surface area contributed by atoms with Crippen molar-refractivity contribution in [3.63, 3.8) is 0 Å². The standard InChI is InChI=1S/C23H38ClN2OS/c1-23(2,3)28(4)16-27-20-14-21(25)22(15-20)26-11-9-18(10-12-26)13-17-5-7-19(24)8-6-17/h5-8,18,20-22H,9-16,25H2,1-4H3/q+1/p+1/t20-,21+,22?,28?/m0/s1. The average molecular weight is 427 g/mol. The van der Waals surface area contributed by atoms with E-state index in [2.05, 4.69) is 39.2 Å². The van der Waals surface area contributed by atoms with Crippen LogP contribution in [0.2, 0.25) is 5.02 Å². The largest absolute Gasteiger partial charge is 0.332 e. The number of halogens is 1. The Labute approximate surface area is 179 Å². The van der Waals surface area contributed by atoms with Crippen LogP contribution in [0.15, 0.2) is 24.3 Å². The highest BCUT2D eigenvalue weighted by Crippen LogP contribution is 2.25. The van der Waals surface area contributed by atoms with Gasteiger partial charge in [-0.1, -0.05) is 23.7 Å². The molecule has 1 saturated heterocycles. The van der Waals surface area contributed by atoms with Gasteiger partial charge in [-0.2, -0.15) is 0 Å². The van der Waals surface area contributed by atoms with Gasteiger partial charge in [-0.15, -0.1) is 0 Å². The lowest BCUT2D eigenvalue weighted by Gasteiger charge is -2.34. The Bertz CT molecular complexity index is 610. The molecule has 4 atom stereocenters. The lowest BCUT2D eigenvalue weighted by atomic mass is 9.89. The molecule has 2 aliphatic rings. The van der Waals surface area contributed by atoms with Crippen molar-refractivity contribution >= 4 is 22.5 Å². The molecule has 2 unspecified atom stereocenters. The summed E-state index contributed by atoms with van der Waals surface area (Å²) in [5.74, 6) is 1.68. The smallest absolute Gasteiger partial charge is 0.208 e. The van der Waals surface area contributed by atoms with Gasteiger partial charge in [0.25, 0.3) is 0 Å². The van der Waals surface area contributed by atoms with Gasteiger partial charge in [0, 0.05) is 22.3 Å². The third-order valence-corrected chi connectivity index (χ3v) is 9.64. The summed E-state index contributed by atoms with van der Waals surface area (Å²) in [6.07, 6.45) is 8.63. The minimum absolute atomic E-state index is 0.286. The first-order valence-electron chi connectivity index (χ1n) is 10.8. The number of nitrogens with two attached hydrogens (primary N) is 1. The molecular weight excluding hydrogens is 388 g/mol. The topological polar surface area (TPSA) is 39.7 Å². The van der Waals surface area contributed by atoms with E-state index in [9.17, 15) is 0 Å². The molecule has 0 radical (unpaired) electrons. The van der Waals surface area contributed by atoms with Crippen LogP contribution in [-0.2, 0) is 22.1 Å². The highest BCUT2D eigenvalue weighted by Gasteiger charge is 2.42. The first kappa shape index (κ1) is 22.4. The second-order valence-electron chi connectivity index (χ2n) is 9.83. The molecule has 5 heteroatoms. The predicted octanol–water partition coefficient (Wildman–Crippen LogP) is 3.06. The number of ether oxygens (including phenoxy) is 1. The molecule has 3 nitrogen and oxygen atoms in total. The highest BCUT2D eigenvalue weighted by atomic mass is 35.5. The van der Waals surface area contributed by atoms with Gasteiger partial charge in [-0.3, -0.25) is 0 Å². The molecule has 0 aromatic heterocycles. The number of hydrogen-bond acceptors (Lipinski definition) is 2. The van der Waals surface area contributed by atoms with Gasteiger partial charge < -0.3 is 15.4 Å². The molecule has 0 spiro atoms. The molecule has 3 rings (SSSR count). The van der Waals surface area contributed by atoms with E-state index in [0.717, 1.165) is 29.7 Å².